The molecule has 0 unspecified atom stereocenters. The molecule has 0 aromatic heterocycles. The van der Waals surface area contributed by atoms with Crippen molar-refractivity contribution in [1.82, 2.24) is 4.90 Å². The number of rotatable bonds is 5. The quantitative estimate of drug-likeness (QED) is 0.791. The molecule has 0 bridgehead atoms. The fourth-order valence-corrected chi connectivity index (χ4v) is 3.39. The zero-order chi connectivity index (χ0) is 21.8. The molecule has 3 rings (SSSR count). The summed E-state index contributed by atoms with van der Waals surface area (Å²) in [4.78, 5) is 40.9. The Bertz CT molecular complexity index is 965. The lowest BCUT2D eigenvalue weighted by Crippen LogP contribution is -2.48. The average molecular weight is 412 g/mol. The molecule has 158 valence electrons. The molecular weight excluding hydrogens is 387 g/mol. The first kappa shape index (κ1) is 21.4. The van der Waals surface area contributed by atoms with Gasteiger partial charge in [0.15, 0.2) is 0 Å². The molecule has 0 aliphatic carbocycles. The van der Waals surface area contributed by atoms with Crippen LogP contribution in [0, 0.1) is 5.82 Å². The zero-order valence-corrected chi connectivity index (χ0v) is 17.2. The number of fused-ring (bicyclic) bond motifs is 1. The molecule has 2 N–H and O–H groups in total. The second kappa shape index (κ2) is 9.04. The van der Waals surface area contributed by atoms with Gasteiger partial charge in [-0.05, 0) is 45.2 Å². The van der Waals surface area contributed by atoms with Gasteiger partial charge in [-0.25, -0.2) is 4.39 Å². The Morgan fingerprint density at radius 1 is 1.23 bits per heavy atom. The Morgan fingerprint density at radius 3 is 2.63 bits per heavy atom. The second-order valence-corrected chi connectivity index (χ2v) is 7.44. The third kappa shape index (κ3) is 4.65. The molecule has 1 aliphatic heterocycles. The Kier molecular flexibility index (Phi) is 6.47. The van der Waals surface area contributed by atoms with Crippen LogP contribution in [0.1, 0.15) is 20.3 Å². The van der Waals surface area contributed by atoms with E-state index in [4.69, 9.17) is 0 Å². The molecule has 7 nitrogen and oxygen atoms in total. The minimum atomic E-state index is -0.675. The molecule has 2 aromatic rings. The van der Waals surface area contributed by atoms with Gasteiger partial charge >= 0.3 is 0 Å². The molecule has 1 heterocycles. The number of halogens is 1. The Labute approximate surface area is 174 Å². The lowest BCUT2D eigenvalue weighted by Gasteiger charge is -2.31. The minimum Gasteiger partial charge on any atom is -0.324 e. The maximum Gasteiger partial charge on any atom is 0.241 e. The van der Waals surface area contributed by atoms with Gasteiger partial charge in [-0.15, -0.1) is 0 Å². The summed E-state index contributed by atoms with van der Waals surface area (Å²) >= 11 is 0. The van der Waals surface area contributed by atoms with E-state index in [1.807, 2.05) is 6.92 Å². The van der Waals surface area contributed by atoms with Crippen LogP contribution in [0.15, 0.2) is 48.5 Å². The molecule has 8 heteroatoms. The van der Waals surface area contributed by atoms with E-state index in [2.05, 4.69) is 10.6 Å². The predicted molar refractivity (Wildman–Crippen MR) is 114 cm³/mol. The summed E-state index contributed by atoms with van der Waals surface area (Å²) in [5.74, 6) is -1.34. The highest BCUT2D eigenvalue weighted by molar-refractivity contribution is 6.05. The number of benzene rings is 2. The smallest absolute Gasteiger partial charge is 0.241 e. The largest absolute Gasteiger partial charge is 0.324 e. The first-order chi connectivity index (χ1) is 14.3. The summed E-state index contributed by atoms with van der Waals surface area (Å²) in [6.07, 6.45) is 0.174. The topological polar surface area (TPSA) is 81.8 Å². The van der Waals surface area contributed by atoms with Crippen molar-refractivity contribution in [2.24, 2.45) is 0 Å². The van der Waals surface area contributed by atoms with E-state index >= 15 is 0 Å². The molecule has 1 aliphatic rings. The van der Waals surface area contributed by atoms with E-state index in [-0.39, 0.29) is 36.5 Å². The van der Waals surface area contributed by atoms with Crippen molar-refractivity contribution in [3.8, 4) is 0 Å². The Balaban J connectivity index is 1.72. The minimum absolute atomic E-state index is 0.0429. The molecule has 0 saturated carbocycles. The van der Waals surface area contributed by atoms with Crippen LogP contribution in [0.25, 0.3) is 0 Å². The number of nitrogens with one attached hydrogen (secondary N) is 2. The van der Waals surface area contributed by atoms with Crippen molar-refractivity contribution in [2.45, 2.75) is 32.4 Å². The first-order valence-electron chi connectivity index (χ1n) is 9.74. The van der Waals surface area contributed by atoms with Gasteiger partial charge < -0.3 is 15.5 Å². The summed E-state index contributed by atoms with van der Waals surface area (Å²) in [5, 5.41) is 5.37. The van der Waals surface area contributed by atoms with E-state index < -0.39 is 17.8 Å². The third-order valence-corrected chi connectivity index (χ3v) is 5.18. The molecule has 2 atom stereocenters. The van der Waals surface area contributed by atoms with Gasteiger partial charge in [-0.1, -0.05) is 24.3 Å². The fourth-order valence-electron chi connectivity index (χ4n) is 3.39. The number of hydrogen-bond donors (Lipinski definition) is 2. The van der Waals surface area contributed by atoms with Crippen molar-refractivity contribution in [3.05, 3.63) is 54.3 Å². The van der Waals surface area contributed by atoms with Gasteiger partial charge in [0.1, 0.15) is 5.82 Å². The first-order valence-corrected chi connectivity index (χ1v) is 9.74. The third-order valence-electron chi connectivity index (χ3n) is 5.18. The normalized spacial score (nSPS) is 17.0. The highest BCUT2D eigenvalue weighted by atomic mass is 19.1. The van der Waals surface area contributed by atoms with Gasteiger partial charge in [-0.2, -0.15) is 0 Å². The van der Waals surface area contributed by atoms with Crippen LogP contribution in [-0.4, -0.2) is 48.3 Å². The highest BCUT2D eigenvalue weighted by Gasteiger charge is 2.31. The van der Waals surface area contributed by atoms with E-state index in [9.17, 15) is 18.8 Å². The van der Waals surface area contributed by atoms with Crippen LogP contribution in [0.3, 0.4) is 0 Å². The molecule has 30 heavy (non-hydrogen) atoms. The number of likely N-dealkylation sites (N-methyl/N-ethyl adjacent to an activating group) is 1. The van der Waals surface area contributed by atoms with Gasteiger partial charge in [-0.3, -0.25) is 19.3 Å². The summed E-state index contributed by atoms with van der Waals surface area (Å²) in [5.41, 5.74) is 1.29. The van der Waals surface area contributed by atoms with Gasteiger partial charge in [0.2, 0.25) is 17.7 Å². The maximum absolute atomic E-state index is 13.8. The predicted octanol–water partition coefficient (Wildman–Crippen LogP) is 2.85. The zero-order valence-electron chi connectivity index (χ0n) is 17.2. The van der Waals surface area contributed by atoms with E-state index in [1.165, 1.54) is 12.1 Å². The number of carbonyl (C=O) groups excluding carboxylic acids is 3. The highest BCUT2D eigenvalue weighted by Crippen LogP contribution is 2.31. The van der Waals surface area contributed by atoms with Crippen molar-refractivity contribution in [3.63, 3.8) is 0 Å². The molecule has 0 fully saturated rings. The summed E-state index contributed by atoms with van der Waals surface area (Å²) in [6, 6.07) is 12.0. The molecule has 3 amide bonds. The molecule has 0 spiro atoms. The van der Waals surface area contributed by atoms with Crippen molar-refractivity contribution in [1.29, 1.82) is 0 Å². The lowest BCUT2D eigenvalue weighted by molar-refractivity contribution is -0.123. The molecule has 0 radical (unpaired) electrons. The monoisotopic (exact) mass is 412 g/mol. The number of carbonyl (C=O) groups is 3. The van der Waals surface area contributed by atoms with Crippen LogP contribution in [0.4, 0.5) is 21.5 Å². The number of nitrogens with zero attached hydrogens (tertiary/aromatic N) is 2. The van der Waals surface area contributed by atoms with Crippen LogP contribution in [0.2, 0.25) is 0 Å². The molecular formula is C22H25FN4O3. The Hall–Kier alpha value is -3.26. The number of hydrogen-bond acceptors (Lipinski definition) is 4. The lowest BCUT2D eigenvalue weighted by atomic mass is 10.1. The number of para-hydroxylation sites is 3. The maximum atomic E-state index is 13.8. The number of anilines is 3. The van der Waals surface area contributed by atoms with E-state index in [1.54, 1.807) is 60.2 Å². The molecule has 0 saturated heterocycles. The van der Waals surface area contributed by atoms with Crippen molar-refractivity contribution in [2.75, 3.05) is 29.1 Å². The molecule has 2 aromatic carbocycles. The Morgan fingerprint density at radius 2 is 1.90 bits per heavy atom. The van der Waals surface area contributed by atoms with Gasteiger partial charge in [0.05, 0.1) is 29.6 Å². The summed E-state index contributed by atoms with van der Waals surface area (Å²) in [6.45, 7) is 3.42. The van der Waals surface area contributed by atoms with E-state index in [0.29, 0.717) is 11.4 Å². The van der Waals surface area contributed by atoms with Crippen LogP contribution < -0.4 is 15.5 Å². The van der Waals surface area contributed by atoms with Gasteiger partial charge in [0.25, 0.3) is 0 Å². The van der Waals surface area contributed by atoms with E-state index in [0.717, 1.165) is 0 Å². The van der Waals surface area contributed by atoms with Crippen LogP contribution in [-0.2, 0) is 14.4 Å². The standard InChI is InChI=1S/C22H25FN4O3/c1-14-12-20(28)24-18-10-6-7-11-19(18)27(14)21(29)13-26(3)15(2)22(30)25-17-9-5-4-8-16(17)23/h4-11,14-15H,12-13H2,1-3H3,(H,24,28)(H,25,30)/t14-,15-/m1/s1. The summed E-state index contributed by atoms with van der Waals surface area (Å²) in [7, 11) is 1.65. The van der Waals surface area contributed by atoms with Crippen molar-refractivity contribution >= 4 is 34.8 Å². The SMILES string of the molecule is C[C@H](C(=O)Nc1ccccc1F)N(C)CC(=O)N1c2ccccc2NC(=O)C[C@H]1C. The average Bonchev–Trinajstić information content (AvgIpc) is 2.83. The van der Waals surface area contributed by atoms with Gasteiger partial charge in [0, 0.05) is 12.5 Å². The second-order valence-electron chi connectivity index (χ2n) is 7.44. The van der Waals surface area contributed by atoms with Crippen LogP contribution >= 0.6 is 0 Å². The van der Waals surface area contributed by atoms with Crippen molar-refractivity contribution < 1.29 is 18.8 Å². The summed E-state index contributed by atoms with van der Waals surface area (Å²) < 4.78 is 13.8. The fraction of sp³-hybridized carbons (Fsp3) is 0.318. The number of amides is 3. The van der Waals surface area contributed by atoms with Crippen LogP contribution in [0.5, 0.6) is 0 Å².